The van der Waals surface area contributed by atoms with Gasteiger partial charge in [0.25, 0.3) is 0 Å². The molecule has 1 aromatic rings. The number of ether oxygens (including phenoxy) is 2. The van der Waals surface area contributed by atoms with E-state index in [0.717, 1.165) is 6.07 Å². The highest BCUT2D eigenvalue weighted by atomic mass is 19.1. The highest BCUT2D eigenvalue weighted by Gasteiger charge is 2.24. The van der Waals surface area contributed by atoms with E-state index in [-0.39, 0.29) is 29.6 Å². The molecule has 0 aliphatic rings. The summed E-state index contributed by atoms with van der Waals surface area (Å²) in [6.07, 6.45) is -0.110. The van der Waals surface area contributed by atoms with Crippen molar-refractivity contribution in [2.24, 2.45) is 0 Å². The lowest BCUT2D eigenvalue weighted by molar-refractivity contribution is -0.141. The van der Waals surface area contributed by atoms with E-state index in [1.54, 1.807) is 0 Å². The van der Waals surface area contributed by atoms with E-state index in [4.69, 9.17) is 4.74 Å². The number of hydrogen-bond acceptors (Lipinski definition) is 5. The van der Waals surface area contributed by atoms with Gasteiger partial charge in [0.05, 0.1) is 26.7 Å². The summed E-state index contributed by atoms with van der Waals surface area (Å²) in [7, 11) is 2.60. The van der Waals surface area contributed by atoms with E-state index in [1.807, 2.05) is 13.8 Å². The minimum absolute atomic E-state index is 0.00768. The molecule has 0 fully saturated rings. The smallest absolute Gasteiger partial charge is 0.307 e. The van der Waals surface area contributed by atoms with Crippen molar-refractivity contribution in [3.63, 3.8) is 0 Å². The third kappa shape index (κ3) is 4.82. The fourth-order valence-electron chi connectivity index (χ4n) is 1.90. The van der Waals surface area contributed by atoms with Crippen LogP contribution in [0.15, 0.2) is 18.2 Å². The number of halogens is 1. The van der Waals surface area contributed by atoms with Crippen molar-refractivity contribution in [3.05, 3.63) is 29.6 Å². The van der Waals surface area contributed by atoms with Crippen LogP contribution in [0, 0.1) is 5.82 Å². The van der Waals surface area contributed by atoms with Crippen LogP contribution in [0.1, 0.15) is 30.6 Å². The maximum absolute atomic E-state index is 13.7. The number of esters is 1. The zero-order valence-electron chi connectivity index (χ0n) is 12.6. The van der Waals surface area contributed by atoms with Crippen LogP contribution < -0.4 is 10.1 Å². The Morgan fingerprint density at radius 3 is 2.43 bits per heavy atom. The molecule has 0 bridgehead atoms. The Morgan fingerprint density at radius 1 is 1.29 bits per heavy atom. The lowest BCUT2D eigenvalue weighted by atomic mass is 10.0. The van der Waals surface area contributed by atoms with Gasteiger partial charge in [-0.15, -0.1) is 0 Å². The molecule has 0 saturated carbocycles. The number of methoxy groups -OCH3 is 2. The molecule has 6 heteroatoms. The predicted octanol–water partition coefficient (Wildman–Crippen LogP) is 1.95. The van der Waals surface area contributed by atoms with Gasteiger partial charge in [-0.2, -0.15) is 0 Å². The zero-order chi connectivity index (χ0) is 16.0. The van der Waals surface area contributed by atoms with E-state index in [0.29, 0.717) is 0 Å². The molecule has 0 aromatic heterocycles. The molecule has 0 amide bonds. The number of carbonyl (C=O) groups is 2. The molecule has 1 aromatic carbocycles. The summed E-state index contributed by atoms with van der Waals surface area (Å²) in [6, 6.07) is 3.19. The normalized spacial score (nSPS) is 12.1. The molecule has 0 aliphatic carbocycles. The fourth-order valence-corrected chi connectivity index (χ4v) is 1.90. The van der Waals surface area contributed by atoms with Crippen LogP contribution in [-0.2, 0) is 9.53 Å². The van der Waals surface area contributed by atoms with Crippen LogP contribution in [0.5, 0.6) is 5.75 Å². The molecule has 0 aliphatic heterocycles. The Morgan fingerprint density at radius 2 is 1.95 bits per heavy atom. The van der Waals surface area contributed by atoms with Crippen LogP contribution >= 0.6 is 0 Å². The Labute approximate surface area is 123 Å². The van der Waals surface area contributed by atoms with Gasteiger partial charge in [-0.3, -0.25) is 9.59 Å². The Kier molecular flexibility index (Phi) is 6.30. The van der Waals surface area contributed by atoms with Crippen LogP contribution in [0.25, 0.3) is 0 Å². The summed E-state index contributed by atoms with van der Waals surface area (Å²) in [5.74, 6) is -1.43. The second-order valence-corrected chi connectivity index (χ2v) is 4.87. The Bertz CT molecular complexity index is 516. The summed E-state index contributed by atoms with van der Waals surface area (Å²) in [4.78, 5) is 23.8. The van der Waals surface area contributed by atoms with E-state index >= 15 is 0 Å². The first-order valence-corrected chi connectivity index (χ1v) is 6.59. The standard InChI is InChI=1S/C15H20FNO4/c1-9(2)17-12(8-14(18)21-4)15(19)10-5-6-13(20-3)11(16)7-10/h5-7,9,12,17H,8H2,1-4H3. The Hall–Kier alpha value is -1.95. The van der Waals surface area contributed by atoms with Gasteiger partial charge in [-0.25, -0.2) is 4.39 Å². The average Bonchev–Trinajstić information content (AvgIpc) is 2.45. The molecule has 1 unspecified atom stereocenters. The van der Waals surface area contributed by atoms with E-state index in [1.165, 1.54) is 26.4 Å². The topological polar surface area (TPSA) is 64.6 Å². The predicted molar refractivity (Wildman–Crippen MR) is 76.0 cm³/mol. The molecule has 0 spiro atoms. The van der Waals surface area contributed by atoms with E-state index in [2.05, 4.69) is 10.1 Å². The van der Waals surface area contributed by atoms with Gasteiger partial charge in [-0.1, -0.05) is 13.8 Å². The van der Waals surface area contributed by atoms with E-state index < -0.39 is 17.8 Å². The van der Waals surface area contributed by atoms with Crippen molar-refractivity contribution in [2.45, 2.75) is 32.4 Å². The molecule has 1 atom stereocenters. The van der Waals surface area contributed by atoms with Gasteiger partial charge in [0.1, 0.15) is 0 Å². The van der Waals surface area contributed by atoms with Crippen molar-refractivity contribution in [1.82, 2.24) is 5.32 Å². The summed E-state index contributed by atoms with van der Waals surface area (Å²) in [5, 5.41) is 2.99. The molecular formula is C15H20FNO4. The summed E-state index contributed by atoms with van der Waals surface area (Å²) in [5.41, 5.74) is 0.176. The second-order valence-electron chi connectivity index (χ2n) is 4.87. The lowest BCUT2D eigenvalue weighted by Gasteiger charge is -2.19. The third-order valence-corrected chi connectivity index (χ3v) is 2.89. The van der Waals surface area contributed by atoms with Crippen molar-refractivity contribution >= 4 is 11.8 Å². The number of carbonyl (C=O) groups excluding carboxylic acids is 2. The van der Waals surface area contributed by atoms with Gasteiger partial charge in [0.2, 0.25) is 0 Å². The van der Waals surface area contributed by atoms with Gasteiger partial charge in [-0.05, 0) is 18.2 Å². The van der Waals surface area contributed by atoms with E-state index in [9.17, 15) is 14.0 Å². The number of hydrogen-bond donors (Lipinski definition) is 1. The first kappa shape index (κ1) is 17.1. The fraction of sp³-hybridized carbons (Fsp3) is 0.467. The number of Topliss-reactive ketones (excluding diaryl/α,β-unsaturated/α-hetero) is 1. The monoisotopic (exact) mass is 297 g/mol. The van der Waals surface area contributed by atoms with Crippen LogP contribution in [-0.4, -0.2) is 38.1 Å². The highest BCUT2D eigenvalue weighted by molar-refractivity contribution is 6.02. The van der Waals surface area contributed by atoms with Crippen LogP contribution in [0.2, 0.25) is 0 Å². The van der Waals surface area contributed by atoms with Gasteiger partial charge >= 0.3 is 5.97 Å². The van der Waals surface area contributed by atoms with Crippen molar-refractivity contribution in [3.8, 4) is 5.75 Å². The minimum Gasteiger partial charge on any atom is -0.494 e. The average molecular weight is 297 g/mol. The summed E-state index contributed by atoms with van der Waals surface area (Å²) < 4.78 is 23.1. The SMILES string of the molecule is COC(=O)CC(NC(C)C)C(=O)c1ccc(OC)c(F)c1. The maximum Gasteiger partial charge on any atom is 0.307 e. The molecule has 1 rings (SSSR count). The molecule has 0 radical (unpaired) electrons. The van der Waals surface area contributed by atoms with Gasteiger partial charge in [0, 0.05) is 11.6 Å². The quantitative estimate of drug-likeness (QED) is 0.615. The molecule has 0 saturated heterocycles. The van der Waals surface area contributed by atoms with Crippen LogP contribution in [0.3, 0.4) is 0 Å². The highest BCUT2D eigenvalue weighted by Crippen LogP contribution is 2.19. The maximum atomic E-state index is 13.7. The first-order valence-electron chi connectivity index (χ1n) is 6.59. The lowest BCUT2D eigenvalue weighted by Crippen LogP contribution is -2.42. The van der Waals surface area contributed by atoms with Crippen molar-refractivity contribution in [2.75, 3.05) is 14.2 Å². The molecular weight excluding hydrogens is 277 g/mol. The second kappa shape index (κ2) is 7.73. The number of nitrogens with one attached hydrogen (secondary N) is 1. The number of rotatable bonds is 7. The van der Waals surface area contributed by atoms with Gasteiger partial charge < -0.3 is 14.8 Å². The number of benzene rings is 1. The molecule has 116 valence electrons. The zero-order valence-corrected chi connectivity index (χ0v) is 12.6. The minimum atomic E-state index is -0.759. The molecule has 21 heavy (non-hydrogen) atoms. The van der Waals surface area contributed by atoms with Crippen molar-refractivity contribution < 1.29 is 23.5 Å². The van der Waals surface area contributed by atoms with Gasteiger partial charge in [0.15, 0.2) is 17.3 Å². The molecule has 1 N–H and O–H groups in total. The van der Waals surface area contributed by atoms with Crippen LogP contribution in [0.4, 0.5) is 4.39 Å². The largest absolute Gasteiger partial charge is 0.494 e. The van der Waals surface area contributed by atoms with Crippen molar-refractivity contribution in [1.29, 1.82) is 0 Å². The molecule has 0 heterocycles. The Balaban J connectivity index is 2.98. The third-order valence-electron chi connectivity index (χ3n) is 2.89. The summed E-state index contributed by atoms with van der Waals surface area (Å²) >= 11 is 0. The number of ketones is 1. The summed E-state index contributed by atoms with van der Waals surface area (Å²) in [6.45, 7) is 3.71. The molecule has 5 nitrogen and oxygen atoms in total. The first-order chi connectivity index (χ1) is 9.88.